The number of carbonyl (C=O) groups excluding carboxylic acids is 1. The van der Waals surface area contributed by atoms with Crippen LogP contribution < -0.4 is 9.47 Å². The molecule has 3 aromatic carbocycles. The molecule has 4 aromatic rings. The van der Waals surface area contributed by atoms with Crippen LogP contribution >= 0.6 is 0 Å². The van der Waals surface area contributed by atoms with Crippen molar-refractivity contribution in [1.29, 1.82) is 0 Å². The van der Waals surface area contributed by atoms with Gasteiger partial charge in [-0.25, -0.2) is 9.78 Å². The first kappa shape index (κ1) is 20.8. The first-order valence-corrected chi connectivity index (χ1v) is 10.7. The number of ether oxygens (including phenoxy) is 2. The van der Waals surface area contributed by atoms with Crippen LogP contribution in [0.3, 0.4) is 0 Å². The molecular formula is C26H23N3O4. The van der Waals surface area contributed by atoms with Crippen molar-refractivity contribution in [1.82, 2.24) is 9.55 Å². The Hall–Kier alpha value is -4.13. The summed E-state index contributed by atoms with van der Waals surface area (Å²) in [6, 6.07) is 19.4. The zero-order valence-electron chi connectivity index (χ0n) is 18.4. The number of aromatic nitrogens is 2. The van der Waals surface area contributed by atoms with Crippen LogP contribution in [0.4, 0.5) is 0 Å². The van der Waals surface area contributed by atoms with Gasteiger partial charge >= 0.3 is 5.97 Å². The fourth-order valence-corrected chi connectivity index (χ4v) is 3.87. The lowest BCUT2D eigenvalue weighted by atomic mass is 10.0. The van der Waals surface area contributed by atoms with Gasteiger partial charge in [0.1, 0.15) is 5.71 Å². The van der Waals surface area contributed by atoms with E-state index in [1.54, 1.807) is 12.5 Å². The van der Waals surface area contributed by atoms with Crippen LogP contribution in [0, 0.1) is 0 Å². The molecule has 33 heavy (non-hydrogen) atoms. The molecule has 1 aliphatic heterocycles. The van der Waals surface area contributed by atoms with Crippen molar-refractivity contribution >= 4 is 22.5 Å². The molecule has 7 nitrogen and oxygen atoms in total. The zero-order valence-corrected chi connectivity index (χ0v) is 18.4. The number of fused-ring (bicyclic) bond motifs is 2. The molecule has 0 bridgehead atoms. The summed E-state index contributed by atoms with van der Waals surface area (Å²) >= 11 is 0. The third-order valence-corrected chi connectivity index (χ3v) is 5.35. The molecule has 0 N–H and O–H groups in total. The third-order valence-electron chi connectivity index (χ3n) is 5.35. The average Bonchev–Trinajstić information content (AvgIpc) is 3.42. The van der Waals surface area contributed by atoms with Crippen molar-refractivity contribution in [2.24, 2.45) is 5.16 Å². The van der Waals surface area contributed by atoms with E-state index in [0.717, 1.165) is 21.9 Å². The molecule has 0 amide bonds. The van der Waals surface area contributed by atoms with Gasteiger partial charge in [0.2, 0.25) is 5.79 Å². The highest BCUT2D eigenvalue weighted by atomic mass is 16.7. The molecule has 0 unspecified atom stereocenters. The summed E-state index contributed by atoms with van der Waals surface area (Å²) in [5, 5.41) is 6.33. The highest BCUT2D eigenvalue weighted by Crippen LogP contribution is 2.39. The van der Waals surface area contributed by atoms with E-state index >= 15 is 0 Å². The van der Waals surface area contributed by atoms with E-state index in [0.29, 0.717) is 23.8 Å². The highest BCUT2D eigenvalue weighted by molar-refractivity contribution is 6.01. The minimum absolute atomic E-state index is 0.124. The summed E-state index contributed by atoms with van der Waals surface area (Å²) < 4.78 is 13.5. The second kappa shape index (κ2) is 8.43. The summed E-state index contributed by atoms with van der Waals surface area (Å²) in [4.78, 5) is 22.1. The molecule has 0 atom stereocenters. The quantitative estimate of drug-likeness (QED) is 0.246. The lowest BCUT2D eigenvalue weighted by Gasteiger charge is -2.16. The van der Waals surface area contributed by atoms with Gasteiger partial charge in [-0.2, -0.15) is 0 Å². The van der Waals surface area contributed by atoms with Crippen molar-refractivity contribution in [3.8, 4) is 11.5 Å². The number of oxime groups is 1. The van der Waals surface area contributed by atoms with Crippen molar-refractivity contribution in [3.05, 3.63) is 90.5 Å². The van der Waals surface area contributed by atoms with Crippen LogP contribution in [0.15, 0.2) is 84.5 Å². The van der Waals surface area contributed by atoms with E-state index < -0.39 is 11.8 Å². The van der Waals surface area contributed by atoms with E-state index in [1.807, 2.05) is 85.3 Å². The Kier molecular flexibility index (Phi) is 5.30. The van der Waals surface area contributed by atoms with Gasteiger partial charge in [0.25, 0.3) is 0 Å². The minimum atomic E-state index is -0.729. The number of hydrogen-bond donors (Lipinski definition) is 0. The molecule has 0 saturated carbocycles. The van der Waals surface area contributed by atoms with E-state index in [4.69, 9.17) is 14.3 Å². The molecular weight excluding hydrogens is 418 g/mol. The van der Waals surface area contributed by atoms with Crippen LogP contribution in [0.25, 0.3) is 10.8 Å². The fourth-order valence-electron chi connectivity index (χ4n) is 3.87. The van der Waals surface area contributed by atoms with Crippen LogP contribution in [-0.4, -0.2) is 27.0 Å². The first-order chi connectivity index (χ1) is 16.0. The lowest BCUT2D eigenvalue weighted by molar-refractivity contribution is -0.142. The van der Waals surface area contributed by atoms with Crippen LogP contribution in [0.5, 0.6) is 11.5 Å². The van der Waals surface area contributed by atoms with Crippen LogP contribution in [0.2, 0.25) is 0 Å². The summed E-state index contributed by atoms with van der Waals surface area (Å²) in [5.74, 6) is 0.126. The van der Waals surface area contributed by atoms with Crippen molar-refractivity contribution in [3.63, 3.8) is 0 Å². The van der Waals surface area contributed by atoms with Crippen LogP contribution in [0.1, 0.15) is 25.0 Å². The molecule has 0 radical (unpaired) electrons. The molecule has 5 rings (SSSR count). The summed E-state index contributed by atoms with van der Waals surface area (Å²) in [6.45, 7) is 4.08. The fraction of sp³-hybridized carbons (Fsp3) is 0.192. The van der Waals surface area contributed by atoms with Gasteiger partial charge in [-0.3, -0.25) is 0 Å². The van der Waals surface area contributed by atoms with Crippen LogP contribution in [-0.2, 0) is 22.6 Å². The number of nitrogens with zero attached hydrogens (tertiary/aromatic N) is 3. The van der Waals surface area contributed by atoms with Gasteiger partial charge in [-0.15, -0.1) is 0 Å². The summed E-state index contributed by atoms with van der Waals surface area (Å²) in [7, 11) is 0. The SMILES string of the molecule is CC1(C)Oc2ccc(/C(Cn3ccnc3)=N/OC(=O)Cc3cccc4ccccc34)cc2O1. The Morgan fingerprint density at radius 3 is 2.73 bits per heavy atom. The predicted molar refractivity (Wildman–Crippen MR) is 124 cm³/mol. The second-order valence-corrected chi connectivity index (χ2v) is 8.32. The maximum atomic E-state index is 12.7. The summed E-state index contributed by atoms with van der Waals surface area (Å²) in [6.07, 6.45) is 5.32. The normalized spacial score (nSPS) is 14.4. The van der Waals surface area contributed by atoms with Crippen molar-refractivity contribution in [2.45, 2.75) is 32.6 Å². The minimum Gasteiger partial charge on any atom is -0.449 e. The van der Waals surface area contributed by atoms with Crippen molar-refractivity contribution in [2.75, 3.05) is 0 Å². The molecule has 0 aliphatic carbocycles. The Morgan fingerprint density at radius 2 is 1.88 bits per heavy atom. The number of hydrogen-bond acceptors (Lipinski definition) is 6. The van der Waals surface area contributed by atoms with Gasteiger partial charge in [-0.1, -0.05) is 47.6 Å². The average molecular weight is 441 g/mol. The topological polar surface area (TPSA) is 74.9 Å². The zero-order chi connectivity index (χ0) is 22.8. The molecule has 2 heterocycles. The molecule has 1 aliphatic rings. The van der Waals surface area contributed by atoms with Crippen molar-refractivity contribution < 1.29 is 19.1 Å². The Balaban J connectivity index is 1.39. The van der Waals surface area contributed by atoms with Gasteiger partial charge in [0.05, 0.1) is 19.3 Å². The maximum absolute atomic E-state index is 12.7. The monoisotopic (exact) mass is 441 g/mol. The number of rotatable bonds is 6. The van der Waals surface area contributed by atoms with Gasteiger partial charge in [0.15, 0.2) is 11.5 Å². The number of benzene rings is 3. The first-order valence-electron chi connectivity index (χ1n) is 10.7. The molecule has 0 fully saturated rings. The lowest BCUT2D eigenvalue weighted by Crippen LogP contribution is -2.29. The number of carbonyl (C=O) groups is 1. The Labute approximate surface area is 191 Å². The molecule has 7 heteroatoms. The van der Waals surface area contributed by atoms with E-state index in [2.05, 4.69) is 10.1 Å². The third kappa shape index (κ3) is 4.57. The Bertz CT molecular complexity index is 1340. The second-order valence-electron chi connectivity index (χ2n) is 8.32. The molecule has 0 spiro atoms. The molecule has 1 aromatic heterocycles. The molecule has 0 saturated heterocycles. The predicted octanol–water partition coefficient (Wildman–Crippen LogP) is 4.73. The summed E-state index contributed by atoms with van der Waals surface area (Å²) in [5.41, 5.74) is 2.23. The van der Waals surface area contributed by atoms with E-state index in [1.165, 1.54) is 0 Å². The number of imidazole rings is 1. The van der Waals surface area contributed by atoms with Gasteiger partial charge in [0, 0.05) is 31.8 Å². The largest absolute Gasteiger partial charge is 0.449 e. The molecule has 166 valence electrons. The van der Waals surface area contributed by atoms with Gasteiger partial charge in [-0.05, 0) is 34.5 Å². The van der Waals surface area contributed by atoms with Gasteiger partial charge < -0.3 is 18.9 Å². The Morgan fingerprint density at radius 1 is 1.06 bits per heavy atom. The maximum Gasteiger partial charge on any atom is 0.339 e. The highest BCUT2D eigenvalue weighted by Gasteiger charge is 2.32. The van der Waals surface area contributed by atoms with E-state index in [9.17, 15) is 4.79 Å². The smallest absolute Gasteiger partial charge is 0.339 e. The van der Waals surface area contributed by atoms with E-state index in [-0.39, 0.29) is 6.42 Å². The standard InChI is InChI=1S/C26H23N3O4/c1-26(2)31-23-11-10-20(14-24(23)32-26)22(16-29-13-12-27-17-29)28-33-25(30)15-19-8-5-7-18-6-3-4-9-21(18)19/h3-14,17H,15-16H2,1-2H3/b28-22+.